The summed E-state index contributed by atoms with van der Waals surface area (Å²) >= 11 is 1.48. The van der Waals surface area contributed by atoms with Gasteiger partial charge in [0.1, 0.15) is 16.4 Å². The summed E-state index contributed by atoms with van der Waals surface area (Å²) < 4.78 is 42.3. The first kappa shape index (κ1) is 21.7. The molecule has 0 N–H and O–H groups in total. The molecule has 0 atom stereocenters. The number of hydrogen-bond acceptors (Lipinski definition) is 5. The van der Waals surface area contributed by atoms with Crippen LogP contribution in [0.2, 0.25) is 0 Å². The Labute approximate surface area is 184 Å². The van der Waals surface area contributed by atoms with Crippen molar-refractivity contribution in [1.29, 1.82) is 0 Å². The first-order chi connectivity index (χ1) is 14.8. The van der Waals surface area contributed by atoms with E-state index < -0.39 is 15.8 Å². The molecule has 0 unspecified atom stereocenters. The Hall–Kier alpha value is -2.56. The van der Waals surface area contributed by atoms with Gasteiger partial charge in [0, 0.05) is 37.4 Å². The number of hydrogen-bond donors (Lipinski definition) is 0. The average Bonchev–Trinajstić information content (AvgIpc) is 3.48. The number of aryl methyl sites for hydroxylation is 2. The number of thiazole rings is 1. The molecule has 0 aliphatic carbocycles. The summed E-state index contributed by atoms with van der Waals surface area (Å²) in [6.07, 6.45) is 3.14. The number of benzene rings is 1. The quantitative estimate of drug-likeness (QED) is 0.561. The molecule has 3 heterocycles. The Morgan fingerprint density at radius 2 is 1.90 bits per heavy atom. The summed E-state index contributed by atoms with van der Waals surface area (Å²) in [6.45, 7) is 3.05. The van der Waals surface area contributed by atoms with Crippen LogP contribution in [0, 0.1) is 12.7 Å². The molecule has 2 aromatic heterocycles. The lowest BCUT2D eigenvalue weighted by Gasteiger charge is -2.22. The molecule has 1 aliphatic rings. The zero-order valence-corrected chi connectivity index (χ0v) is 18.9. The minimum absolute atomic E-state index is 0.101. The van der Waals surface area contributed by atoms with Crippen LogP contribution in [0.3, 0.4) is 0 Å². The molecular weight excluding hydrogens is 439 g/mol. The monoisotopic (exact) mass is 462 g/mol. The van der Waals surface area contributed by atoms with Crippen molar-refractivity contribution >= 4 is 33.0 Å². The van der Waals surface area contributed by atoms with Gasteiger partial charge in [0.05, 0.1) is 17.2 Å². The van der Waals surface area contributed by atoms with Crippen molar-refractivity contribution in [3.05, 3.63) is 64.1 Å². The molecule has 1 saturated heterocycles. The number of rotatable bonds is 6. The van der Waals surface area contributed by atoms with Gasteiger partial charge in [-0.3, -0.25) is 4.79 Å². The summed E-state index contributed by atoms with van der Waals surface area (Å²) in [5.74, 6) is -0.791. The van der Waals surface area contributed by atoms with Crippen LogP contribution < -0.4 is 4.90 Å². The zero-order valence-electron chi connectivity index (χ0n) is 17.3. The molecule has 0 spiro atoms. The highest BCUT2D eigenvalue weighted by Gasteiger charge is 2.30. The lowest BCUT2D eigenvalue weighted by molar-refractivity contribution is 0.0977. The van der Waals surface area contributed by atoms with E-state index in [9.17, 15) is 17.6 Å². The van der Waals surface area contributed by atoms with Gasteiger partial charge in [-0.25, -0.2) is 17.8 Å². The summed E-state index contributed by atoms with van der Waals surface area (Å²) in [4.78, 5) is 19.5. The third-order valence-electron chi connectivity index (χ3n) is 5.27. The van der Waals surface area contributed by atoms with Gasteiger partial charge in [-0.1, -0.05) is 0 Å². The standard InChI is InChI=1S/C21H23FN4O3S2/c1-15-23-17(14-30-15)12-26(18-7-5-16(22)6-8-18)21(27)20-11-19(13-24(20)2)31(28,29)25-9-3-4-10-25/h5-8,11,13-14H,3-4,9-10,12H2,1-2H3. The Kier molecular flexibility index (Phi) is 5.96. The fourth-order valence-electron chi connectivity index (χ4n) is 3.65. The molecule has 31 heavy (non-hydrogen) atoms. The molecule has 1 fully saturated rings. The minimum atomic E-state index is -3.64. The maximum absolute atomic E-state index is 13.5. The van der Waals surface area contributed by atoms with Crippen LogP contribution >= 0.6 is 11.3 Å². The van der Waals surface area contributed by atoms with Gasteiger partial charge >= 0.3 is 0 Å². The van der Waals surface area contributed by atoms with Crippen LogP contribution in [0.5, 0.6) is 0 Å². The Balaban J connectivity index is 1.69. The lowest BCUT2D eigenvalue weighted by atomic mass is 10.2. The first-order valence-electron chi connectivity index (χ1n) is 9.90. The van der Waals surface area contributed by atoms with Crippen molar-refractivity contribution in [2.75, 3.05) is 18.0 Å². The molecule has 1 aliphatic heterocycles. The molecule has 4 rings (SSSR count). The highest BCUT2D eigenvalue weighted by Crippen LogP contribution is 2.26. The van der Waals surface area contributed by atoms with Gasteiger partial charge in [0.15, 0.2) is 0 Å². The molecule has 0 saturated carbocycles. The maximum Gasteiger partial charge on any atom is 0.275 e. The van der Waals surface area contributed by atoms with Crippen molar-refractivity contribution in [1.82, 2.24) is 13.9 Å². The normalized spacial score (nSPS) is 14.8. The van der Waals surface area contributed by atoms with E-state index in [-0.39, 0.29) is 23.0 Å². The van der Waals surface area contributed by atoms with Crippen molar-refractivity contribution in [3.8, 4) is 0 Å². The van der Waals surface area contributed by atoms with Crippen LogP contribution in [-0.2, 0) is 23.6 Å². The van der Waals surface area contributed by atoms with Crippen LogP contribution in [-0.4, -0.2) is 41.3 Å². The Morgan fingerprint density at radius 3 is 2.52 bits per heavy atom. The van der Waals surface area contributed by atoms with E-state index in [0.29, 0.717) is 24.5 Å². The summed E-state index contributed by atoms with van der Waals surface area (Å²) in [5, 5.41) is 2.74. The number of carbonyl (C=O) groups is 1. The SMILES string of the molecule is Cc1nc(CN(C(=O)c2cc(S(=O)(=O)N3CCCC3)cn2C)c2ccc(F)cc2)cs1. The summed E-state index contributed by atoms with van der Waals surface area (Å²) in [6, 6.07) is 7.04. The topological polar surface area (TPSA) is 75.5 Å². The van der Waals surface area contributed by atoms with Crippen LogP contribution in [0.25, 0.3) is 0 Å². The minimum Gasteiger partial charge on any atom is -0.345 e. The number of nitrogens with zero attached hydrogens (tertiary/aromatic N) is 4. The molecule has 0 bridgehead atoms. The largest absolute Gasteiger partial charge is 0.345 e. The Bertz CT molecular complexity index is 1200. The third-order valence-corrected chi connectivity index (χ3v) is 7.96. The predicted molar refractivity (Wildman–Crippen MR) is 117 cm³/mol. The molecule has 10 heteroatoms. The molecule has 1 amide bonds. The van der Waals surface area contributed by atoms with Gasteiger partial charge in [-0.05, 0) is 50.1 Å². The lowest BCUT2D eigenvalue weighted by Crippen LogP contribution is -2.32. The highest BCUT2D eigenvalue weighted by atomic mass is 32.2. The smallest absolute Gasteiger partial charge is 0.275 e. The Morgan fingerprint density at radius 1 is 1.23 bits per heavy atom. The molecule has 3 aromatic rings. The van der Waals surface area contributed by atoms with Crippen molar-refractivity contribution < 1.29 is 17.6 Å². The summed E-state index contributed by atoms with van der Waals surface area (Å²) in [5.41, 5.74) is 1.44. The molecule has 164 valence electrons. The van der Waals surface area contributed by atoms with Crippen LogP contribution in [0.1, 0.15) is 34.0 Å². The number of anilines is 1. The molecule has 7 nitrogen and oxygen atoms in total. The van der Waals surface area contributed by atoms with Gasteiger partial charge in [0.25, 0.3) is 5.91 Å². The van der Waals surface area contributed by atoms with Gasteiger partial charge in [-0.2, -0.15) is 4.31 Å². The predicted octanol–water partition coefficient (Wildman–Crippen LogP) is 3.56. The van der Waals surface area contributed by atoms with Crippen molar-refractivity contribution in [3.63, 3.8) is 0 Å². The van der Waals surface area contributed by atoms with Gasteiger partial charge in [-0.15, -0.1) is 11.3 Å². The van der Waals surface area contributed by atoms with Gasteiger partial charge in [0.2, 0.25) is 10.0 Å². The average molecular weight is 463 g/mol. The number of carbonyl (C=O) groups excluding carboxylic acids is 1. The van der Waals surface area contributed by atoms with E-state index in [1.165, 1.54) is 61.6 Å². The maximum atomic E-state index is 13.5. The van der Waals surface area contributed by atoms with Crippen molar-refractivity contribution in [2.45, 2.75) is 31.2 Å². The van der Waals surface area contributed by atoms with E-state index in [1.54, 1.807) is 7.05 Å². The second-order valence-electron chi connectivity index (χ2n) is 7.51. The van der Waals surface area contributed by atoms with E-state index >= 15 is 0 Å². The second kappa shape index (κ2) is 8.52. The summed E-state index contributed by atoms with van der Waals surface area (Å²) in [7, 11) is -2.00. The van der Waals surface area contributed by atoms with Crippen LogP contribution in [0.15, 0.2) is 46.8 Å². The first-order valence-corrected chi connectivity index (χ1v) is 12.2. The molecule has 0 radical (unpaired) electrons. The molecule has 1 aromatic carbocycles. The third kappa shape index (κ3) is 4.41. The number of halogens is 1. The van der Waals surface area contributed by atoms with Crippen molar-refractivity contribution in [2.24, 2.45) is 7.05 Å². The van der Waals surface area contributed by atoms with Gasteiger partial charge < -0.3 is 9.47 Å². The zero-order chi connectivity index (χ0) is 22.2. The van der Waals surface area contributed by atoms with E-state index in [4.69, 9.17) is 0 Å². The van der Waals surface area contributed by atoms with Crippen LogP contribution in [0.4, 0.5) is 10.1 Å². The number of amides is 1. The van der Waals surface area contributed by atoms with E-state index in [0.717, 1.165) is 17.8 Å². The number of aromatic nitrogens is 2. The second-order valence-corrected chi connectivity index (χ2v) is 10.5. The van der Waals surface area contributed by atoms with E-state index in [2.05, 4.69) is 4.98 Å². The van der Waals surface area contributed by atoms with E-state index in [1.807, 2.05) is 12.3 Å². The number of sulfonamides is 1. The highest BCUT2D eigenvalue weighted by molar-refractivity contribution is 7.89. The fourth-order valence-corrected chi connectivity index (χ4v) is 5.84. The fraction of sp³-hybridized carbons (Fsp3) is 0.333. The molecular formula is C21H23FN4O3S2.